The molecular weight excluding hydrogens is 416 g/mol. The maximum Gasteiger partial charge on any atom is 0.241 e. The molecule has 0 radical (unpaired) electrons. The number of aryl methyl sites for hydroxylation is 1. The number of hydrogen-bond acceptors (Lipinski definition) is 6. The number of piperidine rings is 1. The van der Waals surface area contributed by atoms with Gasteiger partial charge in [0.2, 0.25) is 17.6 Å². The van der Waals surface area contributed by atoms with Crippen LogP contribution in [0.3, 0.4) is 0 Å². The average molecular weight is 441 g/mol. The molecule has 31 heavy (non-hydrogen) atoms. The highest BCUT2D eigenvalue weighted by atomic mass is 35.5. The Bertz CT molecular complexity index is 1050. The maximum atomic E-state index is 12.8. The van der Waals surface area contributed by atoms with Crippen molar-refractivity contribution in [1.29, 1.82) is 0 Å². The van der Waals surface area contributed by atoms with Gasteiger partial charge >= 0.3 is 0 Å². The first kappa shape index (κ1) is 21.3. The average Bonchev–Trinajstić information content (AvgIpc) is 3.25. The van der Waals surface area contributed by atoms with E-state index < -0.39 is 0 Å². The van der Waals surface area contributed by atoms with Crippen molar-refractivity contribution in [1.82, 2.24) is 15.0 Å². The largest absolute Gasteiger partial charge is 0.497 e. The van der Waals surface area contributed by atoms with Crippen LogP contribution < -0.4 is 10.1 Å². The molecule has 162 valence electrons. The summed E-state index contributed by atoms with van der Waals surface area (Å²) in [6, 6.07) is 13.1. The van der Waals surface area contributed by atoms with Crippen LogP contribution in [-0.4, -0.2) is 41.1 Å². The Labute approximate surface area is 186 Å². The van der Waals surface area contributed by atoms with Gasteiger partial charge in [-0.25, -0.2) is 0 Å². The number of carbonyl (C=O) groups excluding carboxylic acids is 1. The van der Waals surface area contributed by atoms with Gasteiger partial charge in [-0.05, 0) is 68.3 Å². The lowest BCUT2D eigenvalue weighted by Gasteiger charge is -2.30. The number of aromatic nitrogens is 2. The molecule has 0 aliphatic carbocycles. The van der Waals surface area contributed by atoms with Crippen LogP contribution in [0, 0.1) is 12.8 Å². The SMILES string of the molecule is COc1ccc(-c2noc(CN3CCCC(C(=O)Nc4ccc(C)c(Cl)c4)C3)n2)cc1. The third-order valence-electron chi connectivity index (χ3n) is 5.49. The summed E-state index contributed by atoms with van der Waals surface area (Å²) in [6.07, 6.45) is 1.79. The molecule has 1 N–H and O–H groups in total. The molecule has 1 aromatic heterocycles. The van der Waals surface area contributed by atoms with Crippen molar-refractivity contribution in [2.75, 3.05) is 25.5 Å². The minimum atomic E-state index is -0.0993. The number of ether oxygens (including phenoxy) is 1. The third-order valence-corrected chi connectivity index (χ3v) is 5.90. The topological polar surface area (TPSA) is 80.5 Å². The van der Waals surface area contributed by atoms with Crippen LogP contribution in [0.4, 0.5) is 5.69 Å². The number of halogens is 1. The van der Waals surface area contributed by atoms with Crippen LogP contribution in [0.1, 0.15) is 24.3 Å². The highest BCUT2D eigenvalue weighted by Gasteiger charge is 2.27. The number of benzene rings is 2. The van der Waals surface area contributed by atoms with E-state index in [1.54, 1.807) is 13.2 Å². The van der Waals surface area contributed by atoms with Gasteiger partial charge in [0.05, 0.1) is 19.6 Å². The van der Waals surface area contributed by atoms with E-state index in [1.165, 1.54) is 0 Å². The van der Waals surface area contributed by atoms with Gasteiger partial charge in [-0.2, -0.15) is 4.98 Å². The first-order chi connectivity index (χ1) is 15.0. The van der Waals surface area contributed by atoms with E-state index in [4.69, 9.17) is 20.9 Å². The molecule has 1 aliphatic rings. The first-order valence-electron chi connectivity index (χ1n) is 10.3. The summed E-state index contributed by atoms with van der Waals surface area (Å²) in [6.45, 7) is 3.99. The quantitative estimate of drug-likeness (QED) is 0.605. The van der Waals surface area contributed by atoms with Crippen molar-refractivity contribution in [3.05, 3.63) is 58.9 Å². The number of anilines is 1. The number of likely N-dealkylation sites (tertiary alicyclic amines) is 1. The van der Waals surface area contributed by atoms with Crippen molar-refractivity contribution in [3.63, 3.8) is 0 Å². The Morgan fingerprint density at radius 3 is 2.84 bits per heavy atom. The summed E-state index contributed by atoms with van der Waals surface area (Å²) in [5.74, 6) is 1.77. The molecule has 3 aromatic rings. The normalized spacial score (nSPS) is 16.8. The standard InChI is InChI=1S/C23H25ClN4O3/c1-15-5-8-18(12-20(15)24)25-23(29)17-4-3-11-28(13-17)14-21-26-22(27-31-21)16-6-9-19(30-2)10-7-16/h5-10,12,17H,3-4,11,13-14H2,1-2H3,(H,25,29). The van der Waals surface area contributed by atoms with E-state index in [0.29, 0.717) is 29.8 Å². The van der Waals surface area contributed by atoms with Gasteiger partial charge in [0.15, 0.2) is 0 Å². The lowest BCUT2D eigenvalue weighted by molar-refractivity contribution is -0.121. The molecule has 1 saturated heterocycles. The Balaban J connectivity index is 1.36. The Morgan fingerprint density at radius 1 is 1.29 bits per heavy atom. The highest BCUT2D eigenvalue weighted by molar-refractivity contribution is 6.31. The summed E-state index contributed by atoms with van der Waals surface area (Å²) in [5.41, 5.74) is 2.57. The molecule has 1 aliphatic heterocycles. The second-order valence-electron chi connectivity index (χ2n) is 7.77. The van der Waals surface area contributed by atoms with E-state index >= 15 is 0 Å². The number of rotatable bonds is 6. The van der Waals surface area contributed by atoms with Crippen LogP contribution >= 0.6 is 11.6 Å². The number of nitrogens with one attached hydrogen (secondary N) is 1. The second-order valence-corrected chi connectivity index (χ2v) is 8.17. The van der Waals surface area contributed by atoms with Gasteiger partial charge in [-0.15, -0.1) is 0 Å². The van der Waals surface area contributed by atoms with Crippen molar-refractivity contribution >= 4 is 23.2 Å². The fourth-order valence-corrected chi connectivity index (χ4v) is 3.88. The molecule has 1 amide bonds. The lowest BCUT2D eigenvalue weighted by Crippen LogP contribution is -2.40. The zero-order chi connectivity index (χ0) is 21.8. The molecule has 2 aromatic carbocycles. The van der Waals surface area contributed by atoms with E-state index in [2.05, 4.69) is 20.4 Å². The molecule has 8 heteroatoms. The lowest BCUT2D eigenvalue weighted by atomic mass is 9.97. The van der Waals surface area contributed by atoms with Gasteiger partial charge in [0, 0.05) is 22.8 Å². The summed E-state index contributed by atoms with van der Waals surface area (Å²) in [5, 5.41) is 7.72. The van der Waals surface area contributed by atoms with Gasteiger partial charge in [-0.3, -0.25) is 9.69 Å². The van der Waals surface area contributed by atoms with E-state index in [1.807, 2.05) is 43.3 Å². The predicted molar refractivity (Wildman–Crippen MR) is 119 cm³/mol. The Morgan fingerprint density at radius 2 is 2.10 bits per heavy atom. The third kappa shape index (κ3) is 5.24. The van der Waals surface area contributed by atoms with Gasteiger partial charge in [0.25, 0.3) is 0 Å². The molecule has 1 fully saturated rings. The fourth-order valence-electron chi connectivity index (χ4n) is 3.70. The molecular formula is C23H25ClN4O3. The van der Waals surface area contributed by atoms with Crippen molar-refractivity contribution in [3.8, 4) is 17.1 Å². The summed E-state index contributed by atoms with van der Waals surface area (Å²) in [4.78, 5) is 19.5. The maximum absolute atomic E-state index is 12.8. The van der Waals surface area contributed by atoms with Crippen molar-refractivity contribution in [2.24, 2.45) is 5.92 Å². The first-order valence-corrected chi connectivity index (χ1v) is 10.7. The van der Waals surface area contributed by atoms with E-state index in [0.717, 1.165) is 42.0 Å². The molecule has 1 unspecified atom stereocenters. The van der Waals surface area contributed by atoms with Crippen LogP contribution in [0.2, 0.25) is 5.02 Å². The monoisotopic (exact) mass is 440 g/mol. The van der Waals surface area contributed by atoms with Gasteiger partial charge < -0.3 is 14.6 Å². The zero-order valence-corrected chi connectivity index (χ0v) is 18.4. The zero-order valence-electron chi connectivity index (χ0n) is 17.6. The molecule has 7 nitrogen and oxygen atoms in total. The number of carbonyl (C=O) groups is 1. The minimum absolute atomic E-state index is 0.00840. The Hall–Kier alpha value is -2.90. The number of methoxy groups -OCH3 is 1. The molecule has 0 saturated carbocycles. The van der Waals surface area contributed by atoms with E-state index in [9.17, 15) is 4.79 Å². The number of amides is 1. The molecule has 2 heterocycles. The number of nitrogens with zero attached hydrogens (tertiary/aromatic N) is 3. The van der Waals surface area contributed by atoms with Gasteiger partial charge in [0.1, 0.15) is 5.75 Å². The van der Waals surface area contributed by atoms with Gasteiger partial charge in [-0.1, -0.05) is 22.8 Å². The van der Waals surface area contributed by atoms with Crippen LogP contribution in [-0.2, 0) is 11.3 Å². The highest BCUT2D eigenvalue weighted by Crippen LogP contribution is 2.24. The van der Waals surface area contributed by atoms with E-state index in [-0.39, 0.29) is 11.8 Å². The Kier molecular flexibility index (Phi) is 6.53. The molecule has 4 rings (SSSR count). The minimum Gasteiger partial charge on any atom is -0.497 e. The van der Waals surface area contributed by atoms with Crippen LogP contribution in [0.15, 0.2) is 47.0 Å². The van der Waals surface area contributed by atoms with Crippen molar-refractivity contribution in [2.45, 2.75) is 26.3 Å². The van der Waals surface area contributed by atoms with Crippen molar-refractivity contribution < 1.29 is 14.1 Å². The molecule has 0 bridgehead atoms. The van der Waals surface area contributed by atoms with Crippen LogP contribution in [0.5, 0.6) is 5.75 Å². The van der Waals surface area contributed by atoms with Crippen LogP contribution in [0.25, 0.3) is 11.4 Å². The molecule has 1 atom stereocenters. The smallest absolute Gasteiger partial charge is 0.241 e. The molecule has 0 spiro atoms. The fraction of sp³-hybridized carbons (Fsp3) is 0.348. The second kappa shape index (κ2) is 9.49. The number of hydrogen-bond donors (Lipinski definition) is 1. The summed E-state index contributed by atoms with van der Waals surface area (Å²) in [7, 11) is 1.63. The summed E-state index contributed by atoms with van der Waals surface area (Å²) < 4.78 is 10.6. The summed E-state index contributed by atoms with van der Waals surface area (Å²) >= 11 is 6.17. The predicted octanol–water partition coefficient (Wildman–Crippen LogP) is 4.56.